The molecule has 3 aromatic rings. The van der Waals surface area contributed by atoms with Crippen molar-refractivity contribution >= 4 is 12.1 Å². The summed E-state index contributed by atoms with van der Waals surface area (Å²) in [6.45, 7) is 3.78. The van der Waals surface area contributed by atoms with Gasteiger partial charge in [0.25, 0.3) is 0 Å². The number of carbonyl (C=O) groups excluding carboxylic acids is 1. The van der Waals surface area contributed by atoms with Crippen molar-refractivity contribution in [2.75, 3.05) is 13.2 Å². The highest BCUT2D eigenvalue weighted by Gasteiger charge is 2.27. The predicted octanol–water partition coefficient (Wildman–Crippen LogP) is 4.99. The van der Waals surface area contributed by atoms with E-state index >= 15 is 0 Å². The Morgan fingerprint density at radius 3 is 2.62 bits per heavy atom. The first kappa shape index (κ1) is 26.0. The summed E-state index contributed by atoms with van der Waals surface area (Å²) in [6, 6.07) is 9.33. The smallest absolute Gasteiger partial charge is 0.493 e. The monoisotopic (exact) mass is 512 g/mol. The number of carboxylic acids is 1. The second kappa shape index (κ2) is 11.3. The summed E-state index contributed by atoms with van der Waals surface area (Å²) in [4.78, 5) is 32.8. The average Bonchev–Trinajstić information content (AvgIpc) is 2.84. The van der Waals surface area contributed by atoms with E-state index in [4.69, 9.17) is 14.3 Å². The Morgan fingerprint density at radius 2 is 1.89 bits per heavy atom. The summed E-state index contributed by atoms with van der Waals surface area (Å²) >= 11 is 0. The maximum absolute atomic E-state index is 14.7. The van der Waals surface area contributed by atoms with Crippen molar-refractivity contribution in [3.8, 4) is 16.9 Å². The zero-order valence-corrected chi connectivity index (χ0v) is 20.4. The molecule has 194 valence electrons. The van der Waals surface area contributed by atoms with Gasteiger partial charge in [0.15, 0.2) is 0 Å². The summed E-state index contributed by atoms with van der Waals surface area (Å²) in [5.41, 5.74) is 3.48. The van der Waals surface area contributed by atoms with Gasteiger partial charge >= 0.3 is 12.1 Å². The summed E-state index contributed by atoms with van der Waals surface area (Å²) < 4.78 is 39.5. The van der Waals surface area contributed by atoms with Crippen molar-refractivity contribution in [2.24, 2.45) is 0 Å². The number of nitrogens with zero attached hydrogens (tertiary/aromatic N) is 2. The van der Waals surface area contributed by atoms with Gasteiger partial charge in [-0.2, -0.15) is 0 Å². The van der Waals surface area contributed by atoms with Crippen molar-refractivity contribution in [2.45, 2.75) is 39.8 Å². The van der Waals surface area contributed by atoms with Crippen LogP contribution in [0.1, 0.15) is 34.9 Å². The quantitative estimate of drug-likeness (QED) is 0.422. The molecule has 0 aliphatic carbocycles. The Bertz CT molecular complexity index is 1330. The zero-order valence-electron chi connectivity index (χ0n) is 20.4. The number of benzene rings is 2. The number of ether oxygens (including phenoxy) is 2. The Kier molecular flexibility index (Phi) is 7.98. The van der Waals surface area contributed by atoms with Gasteiger partial charge in [-0.25, -0.2) is 13.6 Å². The van der Waals surface area contributed by atoms with E-state index in [0.29, 0.717) is 45.7 Å². The number of aliphatic carboxylic acids is 1. The molecule has 10 heteroatoms. The van der Waals surface area contributed by atoms with Crippen LogP contribution in [0.4, 0.5) is 13.6 Å². The lowest BCUT2D eigenvalue weighted by Gasteiger charge is -2.29. The lowest BCUT2D eigenvalue weighted by molar-refractivity contribution is -0.139. The third-order valence-electron chi connectivity index (χ3n) is 5.89. The second-order valence-electron chi connectivity index (χ2n) is 8.57. The molecule has 2 aromatic carbocycles. The first-order chi connectivity index (χ1) is 17.7. The SMILES string of the molecule is CCOc1ccc(CC(=O)O)cc1-c1ccc(F)c2c1CN(OC(=O)OCc1ncc(C)cc1F)CC2. The Balaban J connectivity index is 1.56. The van der Waals surface area contributed by atoms with Gasteiger partial charge in [0.1, 0.15) is 29.7 Å². The fourth-order valence-electron chi connectivity index (χ4n) is 4.22. The molecule has 2 heterocycles. The van der Waals surface area contributed by atoms with Crippen LogP contribution in [0.3, 0.4) is 0 Å². The third kappa shape index (κ3) is 6.21. The van der Waals surface area contributed by atoms with Crippen molar-refractivity contribution in [1.29, 1.82) is 0 Å². The van der Waals surface area contributed by atoms with Crippen LogP contribution in [0.15, 0.2) is 42.6 Å². The topological polar surface area (TPSA) is 98.2 Å². The van der Waals surface area contributed by atoms with Gasteiger partial charge in [-0.15, -0.1) is 5.06 Å². The molecule has 0 atom stereocenters. The van der Waals surface area contributed by atoms with E-state index < -0.39 is 24.5 Å². The lowest BCUT2D eigenvalue weighted by atomic mass is 9.90. The minimum atomic E-state index is -1.04. The van der Waals surface area contributed by atoms with Gasteiger partial charge in [-0.3, -0.25) is 9.78 Å². The number of aromatic nitrogens is 1. The number of halogens is 2. The molecule has 0 unspecified atom stereocenters. The maximum Gasteiger partial charge on any atom is 0.528 e. The molecule has 8 nitrogen and oxygen atoms in total. The Morgan fingerprint density at radius 1 is 1.08 bits per heavy atom. The molecule has 1 N–H and O–H groups in total. The van der Waals surface area contributed by atoms with Crippen molar-refractivity contribution in [3.05, 3.63) is 82.2 Å². The van der Waals surface area contributed by atoms with Crippen molar-refractivity contribution < 1.29 is 37.8 Å². The normalized spacial score (nSPS) is 13.1. The molecular formula is C27H26F2N2O6. The van der Waals surface area contributed by atoms with E-state index in [9.17, 15) is 23.5 Å². The third-order valence-corrected chi connectivity index (χ3v) is 5.89. The van der Waals surface area contributed by atoms with Crippen LogP contribution >= 0.6 is 0 Å². The molecule has 1 aliphatic rings. The minimum absolute atomic E-state index is 0.0272. The summed E-state index contributed by atoms with van der Waals surface area (Å²) in [5, 5.41) is 10.6. The first-order valence-electron chi connectivity index (χ1n) is 11.7. The number of carbonyl (C=O) groups is 2. The molecule has 0 radical (unpaired) electrons. The molecule has 0 fully saturated rings. The van der Waals surface area contributed by atoms with E-state index in [0.717, 1.165) is 0 Å². The van der Waals surface area contributed by atoms with E-state index in [-0.39, 0.29) is 37.4 Å². The maximum atomic E-state index is 14.7. The summed E-state index contributed by atoms with van der Waals surface area (Å²) in [7, 11) is 0. The van der Waals surface area contributed by atoms with E-state index in [2.05, 4.69) is 4.98 Å². The number of hydroxylamine groups is 2. The van der Waals surface area contributed by atoms with Crippen molar-refractivity contribution in [1.82, 2.24) is 10.0 Å². The Labute approximate surface area is 212 Å². The van der Waals surface area contributed by atoms with Crippen LogP contribution in [0.25, 0.3) is 11.1 Å². The zero-order chi connectivity index (χ0) is 26.5. The van der Waals surface area contributed by atoms with Crippen molar-refractivity contribution in [3.63, 3.8) is 0 Å². The first-order valence-corrected chi connectivity index (χ1v) is 11.7. The number of pyridine rings is 1. The molecule has 4 rings (SSSR count). The number of hydrogen-bond acceptors (Lipinski definition) is 7. The standard InChI is InChI=1S/C27H26F2N2O6/c1-3-35-25-7-4-17(12-26(32)33)11-20(25)18-5-6-22(28)19-8-9-31(14-21(18)19)37-27(34)36-15-24-23(29)10-16(2)13-30-24/h4-7,10-11,13H,3,8-9,12,14-15H2,1-2H3,(H,32,33). The fraction of sp³-hybridized carbons (Fsp3) is 0.296. The largest absolute Gasteiger partial charge is 0.528 e. The summed E-state index contributed by atoms with van der Waals surface area (Å²) in [5.74, 6) is -1.43. The van der Waals surface area contributed by atoms with Gasteiger partial charge in [0.2, 0.25) is 0 Å². The summed E-state index contributed by atoms with van der Waals surface area (Å²) in [6.07, 6.45) is 0.504. The molecule has 0 bridgehead atoms. The minimum Gasteiger partial charge on any atom is -0.493 e. The predicted molar refractivity (Wildman–Crippen MR) is 129 cm³/mol. The van der Waals surface area contributed by atoms with Crippen LogP contribution in [-0.4, -0.2) is 40.4 Å². The molecule has 0 spiro atoms. The van der Waals surface area contributed by atoms with E-state index in [1.165, 1.54) is 23.4 Å². The second-order valence-corrected chi connectivity index (χ2v) is 8.57. The highest BCUT2D eigenvalue weighted by molar-refractivity contribution is 5.77. The van der Waals surface area contributed by atoms with Gasteiger partial charge in [-0.1, -0.05) is 12.1 Å². The van der Waals surface area contributed by atoms with E-state index in [1.54, 1.807) is 31.2 Å². The van der Waals surface area contributed by atoms with Crippen LogP contribution < -0.4 is 4.74 Å². The van der Waals surface area contributed by atoms with Gasteiger partial charge in [0.05, 0.1) is 19.6 Å². The molecule has 1 aromatic heterocycles. The molecule has 37 heavy (non-hydrogen) atoms. The lowest BCUT2D eigenvalue weighted by Crippen LogP contribution is -2.34. The number of fused-ring (bicyclic) bond motifs is 1. The average molecular weight is 513 g/mol. The molecule has 0 saturated carbocycles. The van der Waals surface area contributed by atoms with Crippen LogP contribution in [-0.2, 0) is 40.4 Å². The molecule has 1 aliphatic heterocycles. The number of hydrogen-bond donors (Lipinski definition) is 1. The van der Waals surface area contributed by atoms with E-state index in [1.807, 2.05) is 6.92 Å². The number of rotatable bonds is 8. The number of aryl methyl sites for hydroxylation is 1. The highest BCUT2D eigenvalue weighted by Crippen LogP contribution is 2.38. The fourth-order valence-corrected chi connectivity index (χ4v) is 4.22. The van der Waals surface area contributed by atoms with Gasteiger partial charge in [0, 0.05) is 18.3 Å². The molecular weight excluding hydrogens is 486 g/mol. The van der Waals surface area contributed by atoms with Gasteiger partial charge < -0.3 is 19.4 Å². The molecule has 0 amide bonds. The van der Waals surface area contributed by atoms with Crippen LogP contribution in [0, 0.1) is 18.6 Å². The molecule has 0 saturated heterocycles. The van der Waals surface area contributed by atoms with Gasteiger partial charge in [-0.05, 0) is 72.4 Å². The highest BCUT2D eigenvalue weighted by atomic mass is 19.1. The van der Waals surface area contributed by atoms with Crippen LogP contribution in [0.2, 0.25) is 0 Å². The number of carboxylic acid groups (broad SMARTS) is 1. The van der Waals surface area contributed by atoms with Crippen LogP contribution in [0.5, 0.6) is 5.75 Å². The Hall–Kier alpha value is -4.05.